The molecule has 0 bridgehead atoms. The summed E-state index contributed by atoms with van der Waals surface area (Å²) < 4.78 is 13.4. The van der Waals surface area contributed by atoms with Crippen LogP contribution in [-0.4, -0.2) is 39.7 Å². The first-order chi connectivity index (χ1) is 18.4. The molecule has 5 rings (SSSR count). The number of methoxy groups -OCH3 is 1. The predicted octanol–water partition coefficient (Wildman–Crippen LogP) is 6.16. The summed E-state index contributed by atoms with van der Waals surface area (Å²) in [6.45, 7) is 1.96. The van der Waals surface area contributed by atoms with Gasteiger partial charge in [-0.2, -0.15) is 4.98 Å². The lowest BCUT2D eigenvalue weighted by atomic mass is 9.96. The van der Waals surface area contributed by atoms with Gasteiger partial charge in [0.1, 0.15) is 5.65 Å². The van der Waals surface area contributed by atoms with Crippen LogP contribution in [0, 0.1) is 6.92 Å². The molecule has 2 aromatic heterocycles. The lowest BCUT2D eigenvalue weighted by Crippen LogP contribution is -2.37. The third kappa shape index (κ3) is 5.20. The monoisotopic (exact) mass is 513 g/mol. The number of carbonyl (C=O) groups excluding carboxylic acids is 1. The Labute approximate surface area is 221 Å². The number of ether oxygens (including phenoxy) is 2. The molecule has 38 heavy (non-hydrogen) atoms. The van der Waals surface area contributed by atoms with E-state index in [0.29, 0.717) is 17.1 Å². The molecule has 1 aliphatic rings. The first-order valence-corrected chi connectivity index (χ1v) is 12.9. The van der Waals surface area contributed by atoms with Crippen LogP contribution in [0.25, 0.3) is 16.8 Å². The van der Waals surface area contributed by atoms with Crippen LogP contribution in [0.1, 0.15) is 65.4 Å². The number of carboxylic acids is 1. The van der Waals surface area contributed by atoms with Crippen molar-refractivity contribution >= 4 is 17.7 Å². The number of amides is 1. The number of hydrogen-bond donors (Lipinski definition) is 2. The summed E-state index contributed by atoms with van der Waals surface area (Å²) in [7, 11) is 1.57. The van der Waals surface area contributed by atoms with E-state index in [4.69, 9.17) is 9.47 Å². The minimum Gasteiger partial charge on any atom is -0.480 e. The molecule has 2 heterocycles. The maximum Gasteiger partial charge on any atom is 0.408 e. The fraction of sp³-hybridized carbons (Fsp3) is 0.300. The van der Waals surface area contributed by atoms with Crippen molar-refractivity contribution in [3.8, 4) is 17.0 Å². The number of benzene rings is 2. The molecule has 8 heteroatoms. The normalized spacial score (nSPS) is 14.7. The van der Waals surface area contributed by atoms with E-state index in [1.165, 1.54) is 6.42 Å². The van der Waals surface area contributed by atoms with Crippen LogP contribution in [-0.2, 0) is 4.74 Å². The summed E-state index contributed by atoms with van der Waals surface area (Å²) in [6.07, 6.45) is 5.87. The lowest BCUT2D eigenvalue weighted by Gasteiger charge is -2.25. The Morgan fingerprint density at radius 1 is 1.03 bits per heavy atom. The largest absolute Gasteiger partial charge is 0.480 e. The first-order valence-electron chi connectivity index (χ1n) is 12.9. The number of carboxylic acid groups (broad SMARTS) is 1. The smallest absolute Gasteiger partial charge is 0.408 e. The lowest BCUT2D eigenvalue weighted by molar-refractivity contribution is 0.0697. The fourth-order valence-corrected chi connectivity index (χ4v) is 5.12. The van der Waals surface area contributed by atoms with Crippen molar-refractivity contribution in [2.45, 2.75) is 51.2 Å². The summed E-state index contributed by atoms with van der Waals surface area (Å²) in [6, 6.07) is 18.3. The number of nitrogens with zero attached hydrogens (tertiary/aromatic N) is 2. The second kappa shape index (κ2) is 11.0. The Kier molecular flexibility index (Phi) is 7.31. The number of imidazole rings is 1. The number of carbonyl (C=O) groups is 2. The van der Waals surface area contributed by atoms with Crippen LogP contribution in [0.4, 0.5) is 4.79 Å². The molecule has 4 aromatic rings. The Bertz CT molecular complexity index is 1450. The Morgan fingerprint density at radius 3 is 2.47 bits per heavy atom. The SMILES string of the molecule is COc1cn2c([C@H](OC(=O)NC3CCCCC3)c3ccc(-c4ccccc4C(=O)O)cc3)ccc(C)c2n1. The van der Waals surface area contributed by atoms with Crippen molar-refractivity contribution in [2.24, 2.45) is 0 Å². The number of nitrogens with one attached hydrogen (secondary N) is 1. The first kappa shape index (κ1) is 25.3. The van der Waals surface area contributed by atoms with Crippen molar-refractivity contribution in [1.29, 1.82) is 0 Å². The molecule has 196 valence electrons. The minimum absolute atomic E-state index is 0.109. The van der Waals surface area contributed by atoms with Crippen molar-refractivity contribution in [3.63, 3.8) is 0 Å². The molecular formula is C30H31N3O5. The number of aromatic carboxylic acids is 1. The fourth-order valence-electron chi connectivity index (χ4n) is 5.12. The van der Waals surface area contributed by atoms with Gasteiger partial charge in [0.15, 0.2) is 6.10 Å². The van der Waals surface area contributed by atoms with Gasteiger partial charge in [0.25, 0.3) is 0 Å². The van der Waals surface area contributed by atoms with Crippen LogP contribution < -0.4 is 10.1 Å². The zero-order chi connectivity index (χ0) is 26.6. The number of pyridine rings is 1. The number of alkyl carbamates (subject to hydrolysis) is 1. The molecule has 1 saturated carbocycles. The third-order valence-electron chi connectivity index (χ3n) is 7.13. The average molecular weight is 514 g/mol. The minimum atomic E-state index is -0.985. The molecule has 0 unspecified atom stereocenters. The van der Waals surface area contributed by atoms with Gasteiger partial charge in [-0.05, 0) is 54.2 Å². The molecule has 0 radical (unpaired) electrons. The summed E-state index contributed by atoms with van der Waals surface area (Å²) >= 11 is 0. The van der Waals surface area contributed by atoms with E-state index in [0.717, 1.165) is 48.1 Å². The number of aromatic nitrogens is 2. The molecule has 8 nitrogen and oxygen atoms in total. The second-order valence-electron chi connectivity index (χ2n) is 9.66. The van der Waals surface area contributed by atoms with Gasteiger partial charge in [0, 0.05) is 6.04 Å². The molecule has 2 aromatic carbocycles. The molecule has 1 atom stereocenters. The van der Waals surface area contributed by atoms with Gasteiger partial charge in [0.05, 0.1) is 24.6 Å². The van der Waals surface area contributed by atoms with Gasteiger partial charge in [-0.3, -0.25) is 4.40 Å². The van der Waals surface area contributed by atoms with Crippen molar-refractivity contribution in [1.82, 2.24) is 14.7 Å². The number of fused-ring (bicyclic) bond motifs is 1. The van der Waals surface area contributed by atoms with E-state index in [2.05, 4.69) is 10.3 Å². The zero-order valence-corrected chi connectivity index (χ0v) is 21.5. The highest BCUT2D eigenvalue weighted by molar-refractivity contribution is 5.96. The molecular weight excluding hydrogens is 482 g/mol. The highest BCUT2D eigenvalue weighted by Crippen LogP contribution is 2.32. The van der Waals surface area contributed by atoms with Crippen molar-refractivity contribution < 1.29 is 24.2 Å². The summed E-state index contributed by atoms with van der Waals surface area (Å²) in [5, 5.41) is 12.7. The van der Waals surface area contributed by atoms with Gasteiger partial charge in [-0.15, -0.1) is 0 Å². The van der Waals surface area contributed by atoms with Gasteiger partial charge >= 0.3 is 12.1 Å². The molecule has 1 amide bonds. The Morgan fingerprint density at radius 2 is 1.76 bits per heavy atom. The highest BCUT2D eigenvalue weighted by Gasteiger charge is 2.25. The van der Waals surface area contributed by atoms with Crippen molar-refractivity contribution in [3.05, 3.63) is 89.2 Å². The quantitative estimate of drug-likeness (QED) is 0.307. The summed E-state index contributed by atoms with van der Waals surface area (Å²) in [5.41, 5.74) is 4.75. The Hall–Kier alpha value is -4.33. The van der Waals surface area contributed by atoms with Gasteiger partial charge < -0.3 is 19.9 Å². The topological polar surface area (TPSA) is 102 Å². The third-order valence-corrected chi connectivity index (χ3v) is 7.13. The van der Waals surface area contributed by atoms with Crippen molar-refractivity contribution in [2.75, 3.05) is 7.11 Å². The standard InChI is InChI=1S/C30H31N3O5/c1-19-12-17-25(33-18-26(37-2)32-28(19)33)27(38-30(36)31-22-8-4-3-5-9-22)21-15-13-20(14-16-21)23-10-6-7-11-24(23)29(34)35/h6-7,10-18,22,27H,3-5,8-9H2,1-2H3,(H,31,36)(H,34,35)/t27-/m1/s1. The number of hydrogen-bond acceptors (Lipinski definition) is 5. The number of rotatable bonds is 7. The summed E-state index contributed by atoms with van der Waals surface area (Å²) in [5.74, 6) is -0.520. The van der Waals surface area contributed by atoms with Crippen LogP contribution in [0.2, 0.25) is 0 Å². The zero-order valence-electron chi connectivity index (χ0n) is 21.5. The number of aryl methyl sites for hydroxylation is 1. The maximum absolute atomic E-state index is 13.1. The van der Waals surface area contributed by atoms with E-state index in [9.17, 15) is 14.7 Å². The molecule has 1 aliphatic carbocycles. The van der Waals surface area contributed by atoms with E-state index in [-0.39, 0.29) is 11.6 Å². The molecule has 0 saturated heterocycles. The maximum atomic E-state index is 13.1. The molecule has 1 fully saturated rings. The van der Waals surface area contributed by atoms with Gasteiger partial charge in [-0.25, -0.2) is 9.59 Å². The Balaban J connectivity index is 1.53. The van der Waals surface area contributed by atoms with Crippen LogP contribution in [0.15, 0.2) is 66.9 Å². The molecule has 2 N–H and O–H groups in total. The second-order valence-corrected chi connectivity index (χ2v) is 9.66. The van der Waals surface area contributed by atoms with Crippen LogP contribution >= 0.6 is 0 Å². The average Bonchev–Trinajstić information content (AvgIpc) is 3.39. The van der Waals surface area contributed by atoms with E-state index in [1.807, 2.05) is 53.8 Å². The van der Waals surface area contributed by atoms with Gasteiger partial charge in [0.2, 0.25) is 5.88 Å². The van der Waals surface area contributed by atoms with E-state index in [1.54, 1.807) is 31.5 Å². The van der Waals surface area contributed by atoms with E-state index >= 15 is 0 Å². The molecule has 0 aliphatic heterocycles. The summed E-state index contributed by atoms with van der Waals surface area (Å²) in [4.78, 5) is 29.4. The predicted molar refractivity (Wildman–Crippen MR) is 144 cm³/mol. The molecule has 0 spiro atoms. The van der Waals surface area contributed by atoms with E-state index < -0.39 is 18.2 Å². The highest BCUT2D eigenvalue weighted by atomic mass is 16.6. The van der Waals surface area contributed by atoms with Crippen LogP contribution in [0.5, 0.6) is 5.88 Å². The van der Waals surface area contributed by atoms with Crippen LogP contribution in [0.3, 0.4) is 0 Å². The van der Waals surface area contributed by atoms with Gasteiger partial charge in [-0.1, -0.05) is 67.8 Å².